The largest absolute Gasteiger partial charge is 0.361 e. The highest BCUT2D eigenvalue weighted by Gasteiger charge is 2.20. The maximum Gasteiger partial charge on any atom is 0.215 e. The summed E-state index contributed by atoms with van der Waals surface area (Å²) < 4.78 is 7.99. The van der Waals surface area contributed by atoms with Crippen LogP contribution in [-0.2, 0) is 11.8 Å². The zero-order valence-electron chi connectivity index (χ0n) is 22.6. The Labute approximate surface area is 218 Å². The lowest BCUT2D eigenvalue weighted by atomic mass is 10.0. The van der Waals surface area contributed by atoms with Crippen molar-refractivity contribution in [2.24, 2.45) is 7.05 Å². The van der Waals surface area contributed by atoms with Gasteiger partial charge < -0.3 is 4.74 Å². The van der Waals surface area contributed by atoms with Crippen LogP contribution in [0.2, 0.25) is 25.7 Å². The molecule has 0 aliphatic rings. The van der Waals surface area contributed by atoms with E-state index in [1.54, 1.807) is 11.3 Å². The van der Waals surface area contributed by atoms with E-state index in [2.05, 4.69) is 74.9 Å². The second-order valence-electron chi connectivity index (χ2n) is 11.0. The molecule has 4 aromatic heterocycles. The molecular formula is C26H37N7OSSi. The number of anilines is 2. The minimum Gasteiger partial charge on any atom is -0.361 e. The van der Waals surface area contributed by atoms with E-state index in [1.807, 2.05) is 35.0 Å². The second-order valence-corrected chi connectivity index (χ2v) is 17.7. The summed E-state index contributed by atoms with van der Waals surface area (Å²) in [6.45, 7) is 16.7. The number of hydrogen-bond acceptors (Lipinski definition) is 8. The molecule has 4 rings (SSSR count). The van der Waals surface area contributed by atoms with Gasteiger partial charge in [-0.2, -0.15) is 5.10 Å². The Morgan fingerprint density at radius 3 is 2.50 bits per heavy atom. The first kappa shape index (κ1) is 26.4. The van der Waals surface area contributed by atoms with Crippen molar-refractivity contribution in [1.82, 2.24) is 29.9 Å². The predicted octanol–water partition coefficient (Wildman–Crippen LogP) is 6.58. The number of aryl methyl sites for hydroxylation is 1. The molecule has 10 heteroatoms. The zero-order chi connectivity index (χ0) is 26.0. The first-order valence-electron chi connectivity index (χ1n) is 12.5. The molecule has 0 radical (unpaired) electrons. The van der Waals surface area contributed by atoms with Crippen LogP contribution in [0, 0.1) is 0 Å². The number of nitrogens with zero attached hydrogens (tertiary/aromatic N) is 7. The van der Waals surface area contributed by atoms with Crippen LogP contribution in [0.15, 0.2) is 30.6 Å². The molecule has 0 saturated carbocycles. The third-order valence-electron chi connectivity index (χ3n) is 5.89. The van der Waals surface area contributed by atoms with Crippen molar-refractivity contribution in [3.63, 3.8) is 0 Å². The van der Waals surface area contributed by atoms with Crippen molar-refractivity contribution in [1.29, 1.82) is 0 Å². The average Bonchev–Trinajstić information content (AvgIpc) is 3.45. The van der Waals surface area contributed by atoms with Crippen LogP contribution in [0.1, 0.15) is 50.2 Å². The van der Waals surface area contributed by atoms with Gasteiger partial charge in [-0.3, -0.25) is 14.6 Å². The fraction of sp³-hybridized carbons (Fsp3) is 0.500. The number of aromatic nitrogens is 6. The zero-order valence-corrected chi connectivity index (χ0v) is 24.4. The lowest BCUT2D eigenvalue weighted by molar-refractivity contribution is 0.153. The van der Waals surface area contributed by atoms with Gasteiger partial charge in [0, 0.05) is 51.2 Å². The Morgan fingerprint density at radius 1 is 1.06 bits per heavy atom. The second kappa shape index (κ2) is 10.7. The molecule has 0 spiro atoms. The first-order valence-corrected chi connectivity index (χ1v) is 17.0. The van der Waals surface area contributed by atoms with Gasteiger partial charge in [-0.15, -0.1) is 10.2 Å². The Hall–Kier alpha value is -2.69. The van der Waals surface area contributed by atoms with Crippen molar-refractivity contribution in [2.75, 3.05) is 18.2 Å². The molecule has 0 saturated heterocycles. The normalized spacial score (nSPS) is 12.3. The smallest absolute Gasteiger partial charge is 0.215 e. The van der Waals surface area contributed by atoms with Gasteiger partial charge in [-0.05, 0) is 30.2 Å². The molecule has 4 aromatic rings. The molecule has 0 fully saturated rings. The number of pyridine rings is 2. The highest BCUT2D eigenvalue weighted by atomic mass is 32.1. The SMILES string of the molecule is CC(C)c1nnc(N(COCC[Si](C)(C)C)c2ccc3ncc(-c4cn(C)nc4C(C)C)cc3n2)s1. The van der Waals surface area contributed by atoms with Gasteiger partial charge in [0.2, 0.25) is 5.13 Å². The van der Waals surface area contributed by atoms with Crippen molar-refractivity contribution >= 4 is 41.4 Å². The van der Waals surface area contributed by atoms with E-state index in [0.29, 0.717) is 18.6 Å². The molecule has 36 heavy (non-hydrogen) atoms. The number of fused-ring (bicyclic) bond motifs is 1. The lowest BCUT2D eigenvalue weighted by Gasteiger charge is -2.22. The van der Waals surface area contributed by atoms with Crippen molar-refractivity contribution < 1.29 is 4.74 Å². The van der Waals surface area contributed by atoms with Gasteiger partial charge in [0.05, 0.1) is 16.7 Å². The molecule has 0 aliphatic carbocycles. The summed E-state index contributed by atoms with van der Waals surface area (Å²) >= 11 is 1.59. The summed E-state index contributed by atoms with van der Waals surface area (Å²) in [7, 11) is 0.768. The molecule has 0 atom stereocenters. The van der Waals surface area contributed by atoms with Crippen LogP contribution in [0.25, 0.3) is 22.2 Å². The topological polar surface area (TPSA) is 81.9 Å². The fourth-order valence-corrected chi connectivity index (χ4v) is 5.37. The van der Waals surface area contributed by atoms with Crippen LogP contribution < -0.4 is 4.90 Å². The maximum atomic E-state index is 6.13. The third kappa shape index (κ3) is 6.16. The number of ether oxygens (including phenoxy) is 1. The predicted molar refractivity (Wildman–Crippen MR) is 151 cm³/mol. The first-order chi connectivity index (χ1) is 17.0. The van der Waals surface area contributed by atoms with Gasteiger partial charge in [-0.25, -0.2) is 4.98 Å². The van der Waals surface area contributed by atoms with E-state index in [0.717, 1.165) is 56.5 Å². The molecule has 0 unspecified atom stereocenters. The van der Waals surface area contributed by atoms with Crippen LogP contribution in [-0.4, -0.2) is 51.4 Å². The Kier molecular flexibility index (Phi) is 7.87. The highest BCUT2D eigenvalue weighted by Crippen LogP contribution is 2.33. The molecule has 192 valence electrons. The van der Waals surface area contributed by atoms with Crippen molar-refractivity contribution in [2.45, 2.75) is 65.2 Å². The summed E-state index contributed by atoms with van der Waals surface area (Å²) in [5.74, 6) is 1.40. The van der Waals surface area contributed by atoms with E-state index >= 15 is 0 Å². The van der Waals surface area contributed by atoms with Crippen LogP contribution >= 0.6 is 11.3 Å². The van der Waals surface area contributed by atoms with Gasteiger partial charge in [0.15, 0.2) is 0 Å². The molecule has 0 N–H and O–H groups in total. The molecular weight excluding hydrogens is 486 g/mol. The quantitative estimate of drug-likeness (QED) is 0.132. The number of hydrogen-bond donors (Lipinski definition) is 0. The summed E-state index contributed by atoms with van der Waals surface area (Å²) in [6, 6.07) is 7.19. The third-order valence-corrected chi connectivity index (χ3v) is 8.84. The maximum absolute atomic E-state index is 6.13. The highest BCUT2D eigenvalue weighted by molar-refractivity contribution is 7.15. The Morgan fingerprint density at radius 2 is 1.83 bits per heavy atom. The van der Waals surface area contributed by atoms with E-state index in [1.165, 1.54) is 0 Å². The average molecular weight is 524 g/mol. The summed E-state index contributed by atoms with van der Waals surface area (Å²) in [5.41, 5.74) is 4.83. The lowest BCUT2D eigenvalue weighted by Crippen LogP contribution is -2.26. The standard InChI is InChI=1S/C26H37N7OSSi/c1-17(2)24-20(15-32(5)31-24)19-13-22-21(27-14-19)9-10-23(28-22)33(16-34-11-12-36(6,7)8)26-30-29-25(35-26)18(3)4/h9-10,13-15,17-18H,11-12,16H2,1-8H3. The van der Waals surface area contributed by atoms with Gasteiger partial charge in [0.1, 0.15) is 17.6 Å². The molecule has 0 aliphatic heterocycles. The van der Waals surface area contributed by atoms with Crippen LogP contribution in [0.5, 0.6) is 0 Å². The number of rotatable bonds is 10. The summed E-state index contributed by atoms with van der Waals surface area (Å²) in [5, 5.41) is 15.3. The van der Waals surface area contributed by atoms with Gasteiger partial charge >= 0.3 is 0 Å². The van der Waals surface area contributed by atoms with E-state index < -0.39 is 8.07 Å². The Bertz CT molecular complexity index is 1330. The molecule has 8 nitrogen and oxygen atoms in total. The van der Waals surface area contributed by atoms with Gasteiger partial charge in [-0.1, -0.05) is 58.7 Å². The minimum absolute atomic E-state index is 0.313. The summed E-state index contributed by atoms with van der Waals surface area (Å²) in [6.07, 6.45) is 3.96. The van der Waals surface area contributed by atoms with E-state index in [-0.39, 0.29) is 0 Å². The van der Waals surface area contributed by atoms with Gasteiger partial charge in [0.25, 0.3) is 0 Å². The molecule has 0 bridgehead atoms. The Balaban J connectivity index is 1.69. The molecule has 4 heterocycles. The van der Waals surface area contributed by atoms with E-state index in [4.69, 9.17) is 14.7 Å². The van der Waals surface area contributed by atoms with Crippen LogP contribution in [0.3, 0.4) is 0 Å². The monoisotopic (exact) mass is 523 g/mol. The fourth-order valence-electron chi connectivity index (χ4n) is 3.77. The van der Waals surface area contributed by atoms with Crippen molar-refractivity contribution in [3.05, 3.63) is 41.3 Å². The minimum atomic E-state index is -1.18. The molecule has 0 amide bonds. The van der Waals surface area contributed by atoms with Crippen molar-refractivity contribution in [3.8, 4) is 11.1 Å². The summed E-state index contributed by atoms with van der Waals surface area (Å²) in [4.78, 5) is 11.7. The van der Waals surface area contributed by atoms with E-state index in [9.17, 15) is 0 Å². The molecule has 0 aromatic carbocycles. The van der Waals surface area contributed by atoms with Crippen LogP contribution in [0.4, 0.5) is 10.9 Å².